The molecular weight excluding hydrogens is 278 g/mol. The summed E-state index contributed by atoms with van der Waals surface area (Å²) in [6.07, 6.45) is 2.48. The average molecular weight is 291 g/mol. The van der Waals surface area contributed by atoms with Crippen molar-refractivity contribution in [2.24, 2.45) is 0 Å². The predicted molar refractivity (Wildman–Crippen MR) is 72.5 cm³/mol. The first-order valence-corrected chi connectivity index (χ1v) is 7.05. The van der Waals surface area contributed by atoms with E-state index in [1.807, 2.05) is 5.38 Å². The van der Waals surface area contributed by atoms with Crippen LogP contribution in [0.25, 0.3) is 4.96 Å². The number of nitrogens with zero attached hydrogens (tertiary/aromatic N) is 4. The molecule has 3 aromatic heterocycles. The van der Waals surface area contributed by atoms with Gasteiger partial charge >= 0.3 is 0 Å². The predicted octanol–water partition coefficient (Wildman–Crippen LogP) is 0.989. The number of carbonyl (C=O) groups is 1. The lowest BCUT2D eigenvalue weighted by Gasteiger charge is -2.02. The molecule has 1 N–H and O–H groups in total. The van der Waals surface area contributed by atoms with Gasteiger partial charge < -0.3 is 9.84 Å². The topological polar surface area (TPSA) is 85.3 Å². The van der Waals surface area contributed by atoms with Crippen LogP contribution >= 0.6 is 11.3 Å². The molecule has 0 bridgehead atoms. The van der Waals surface area contributed by atoms with Crippen LogP contribution in [0.1, 0.15) is 17.1 Å². The largest absolute Gasteiger partial charge is 0.361 e. The standard InChI is InChI=1S/C12H13N5O2S/c1-8-4-9(16-19-8)5-11(18)13-3-2-10-6-20-12-14-7-15-17(10)12/h4,6-7H,2-3,5H2,1H3,(H,13,18). The zero-order valence-electron chi connectivity index (χ0n) is 10.9. The van der Waals surface area contributed by atoms with E-state index in [1.54, 1.807) is 17.5 Å². The fourth-order valence-electron chi connectivity index (χ4n) is 1.90. The maximum absolute atomic E-state index is 11.7. The van der Waals surface area contributed by atoms with Crippen LogP contribution in [0.4, 0.5) is 0 Å². The van der Waals surface area contributed by atoms with Crippen molar-refractivity contribution in [3.8, 4) is 0 Å². The van der Waals surface area contributed by atoms with Gasteiger partial charge in [0.2, 0.25) is 10.9 Å². The van der Waals surface area contributed by atoms with Crippen molar-refractivity contribution in [1.82, 2.24) is 25.1 Å². The second-order valence-corrected chi connectivity index (χ2v) is 5.22. The number of nitrogens with one attached hydrogen (secondary N) is 1. The van der Waals surface area contributed by atoms with Crippen molar-refractivity contribution < 1.29 is 9.32 Å². The highest BCUT2D eigenvalue weighted by Gasteiger charge is 2.09. The lowest BCUT2D eigenvalue weighted by atomic mass is 10.2. The fraction of sp³-hybridized carbons (Fsp3) is 0.333. The summed E-state index contributed by atoms with van der Waals surface area (Å²) in [7, 11) is 0. The molecule has 0 aliphatic heterocycles. The van der Waals surface area contributed by atoms with Gasteiger partial charge in [0.05, 0.1) is 17.8 Å². The van der Waals surface area contributed by atoms with Gasteiger partial charge in [-0.05, 0) is 6.92 Å². The Kier molecular flexibility index (Phi) is 3.46. The molecule has 0 aromatic carbocycles. The quantitative estimate of drug-likeness (QED) is 0.757. The third-order valence-corrected chi connectivity index (χ3v) is 3.69. The molecule has 0 aliphatic carbocycles. The summed E-state index contributed by atoms with van der Waals surface area (Å²) >= 11 is 1.54. The first-order valence-electron chi connectivity index (χ1n) is 6.17. The number of aromatic nitrogens is 4. The first kappa shape index (κ1) is 12.8. The summed E-state index contributed by atoms with van der Waals surface area (Å²) in [5.41, 5.74) is 1.69. The molecule has 1 amide bonds. The van der Waals surface area contributed by atoms with Gasteiger partial charge in [-0.25, -0.2) is 9.50 Å². The number of rotatable bonds is 5. The molecule has 0 unspecified atom stereocenters. The Morgan fingerprint density at radius 1 is 1.55 bits per heavy atom. The van der Waals surface area contributed by atoms with Gasteiger partial charge in [0.15, 0.2) is 0 Å². The van der Waals surface area contributed by atoms with Gasteiger partial charge in [-0.3, -0.25) is 4.79 Å². The van der Waals surface area contributed by atoms with Gasteiger partial charge in [-0.1, -0.05) is 5.16 Å². The molecular formula is C12H13N5O2S. The van der Waals surface area contributed by atoms with Crippen molar-refractivity contribution in [1.29, 1.82) is 0 Å². The second kappa shape index (κ2) is 5.41. The zero-order valence-corrected chi connectivity index (χ0v) is 11.7. The minimum atomic E-state index is -0.0663. The Hall–Kier alpha value is -2.22. The van der Waals surface area contributed by atoms with Crippen LogP contribution in [-0.4, -0.2) is 32.2 Å². The van der Waals surface area contributed by atoms with Crippen LogP contribution in [0.3, 0.4) is 0 Å². The van der Waals surface area contributed by atoms with Crippen molar-refractivity contribution in [2.75, 3.05) is 6.54 Å². The van der Waals surface area contributed by atoms with Crippen molar-refractivity contribution in [3.63, 3.8) is 0 Å². The Bertz CT molecular complexity index is 729. The van der Waals surface area contributed by atoms with Crippen molar-refractivity contribution >= 4 is 22.2 Å². The molecule has 0 saturated heterocycles. The summed E-state index contributed by atoms with van der Waals surface area (Å²) in [5.74, 6) is 0.642. The highest BCUT2D eigenvalue weighted by Crippen LogP contribution is 2.12. The van der Waals surface area contributed by atoms with Crippen LogP contribution in [0.5, 0.6) is 0 Å². The molecule has 0 atom stereocenters. The average Bonchev–Trinajstić information content (AvgIpc) is 3.08. The van der Waals surface area contributed by atoms with Crippen LogP contribution in [0.2, 0.25) is 0 Å². The number of hydrogen-bond acceptors (Lipinski definition) is 6. The van der Waals surface area contributed by atoms with Gasteiger partial charge in [-0.15, -0.1) is 11.3 Å². The minimum Gasteiger partial charge on any atom is -0.361 e. The fourth-order valence-corrected chi connectivity index (χ4v) is 2.73. The molecule has 0 aliphatic rings. The number of amides is 1. The molecule has 3 aromatic rings. The SMILES string of the molecule is Cc1cc(CC(=O)NCCc2csc3ncnn23)no1. The summed E-state index contributed by atoms with van der Waals surface area (Å²) < 4.78 is 6.71. The minimum absolute atomic E-state index is 0.0663. The Labute approximate surface area is 118 Å². The lowest BCUT2D eigenvalue weighted by molar-refractivity contribution is -0.120. The van der Waals surface area contributed by atoms with E-state index in [0.717, 1.165) is 10.7 Å². The van der Waals surface area contributed by atoms with E-state index < -0.39 is 0 Å². The van der Waals surface area contributed by atoms with Crippen molar-refractivity contribution in [2.45, 2.75) is 19.8 Å². The maximum Gasteiger partial charge on any atom is 0.226 e. The normalized spacial score (nSPS) is 11.1. The number of fused-ring (bicyclic) bond motifs is 1. The van der Waals surface area contributed by atoms with E-state index in [4.69, 9.17) is 4.52 Å². The van der Waals surface area contributed by atoms with Crippen LogP contribution in [0.15, 0.2) is 22.3 Å². The van der Waals surface area contributed by atoms with E-state index in [-0.39, 0.29) is 12.3 Å². The van der Waals surface area contributed by atoms with E-state index in [9.17, 15) is 4.79 Å². The molecule has 0 spiro atoms. The van der Waals surface area contributed by atoms with E-state index in [1.165, 1.54) is 17.7 Å². The zero-order chi connectivity index (χ0) is 13.9. The van der Waals surface area contributed by atoms with Gasteiger partial charge in [-0.2, -0.15) is 5.10 Å². The van der Waals surface area contributed by atoms with Gasteiger partial charge in [0.25, 0.3) is 0 Å². The van der Waals surface area contributed by atoms with Crippen LogP contribution in [0, 0.1) is 6.92 Å². The highest BCUT2D eigenvalue weighted by molar-refractivity contribution is 7.15. The van der Waals surface area contributed by atoms with E-state index in [0.29, 0.717) is 24.4 Å². The molecule has 0 radical (unpaired) electrons. The summed E-state index contributed by atoms with van der Waals surface area (Å²) in [6, 6.07) is 1.76. The molecule has 20 heavy (non-hydrogen) atoms. The number of hydrogen-bond donors (Lipinski definition) is 1. The summed E-state index contributed by atoms with van der Waals surface area (Å²) in [6.45, 7) is 2.36. The Balaban J connectivity index is 1.50. The Morgan fingerprint density at radius 2 is 2.45 bits per heavy atom. The smallest absolute Gasteiger partial charge is 0.226 e. The molecule has 3 rings (SSSR count). The third-order valence-electron chi connectivity index (χ3n) is 2.81. The van der Waals surface area contributed by atoms with Crippen molar-refractivity contribution in [3.05, 3.63) is 34.9 Å². The monoisotopic (exact) mass is 291 g/mol. The second-order valence-electron chi connectivity index (χ2n) is 4.39. The highest BCUT2D eigenvalue weighted by atomic mass is 32.1. The first-order chi connectivity index (χ1) is 9.72. The Morgan fingerprint density at radius 3 is 3.25 bits per heavy atom. The van der Waals surface area contributed by atoms with E-state index >= 15 is 0 Å². The number of carbonyl (C=O) groups excluding carboxylic acids is 1. The lowest BCUT2D eigenvalue weighted by Crippen LogP contribution is -2.27. The molecule has 104 valence electrons. The number of thiazole rings is 1. The maximum atomic E-state index is 11.7. The van der Waals surface area contributed by atoms with Gasteiger partial charge in [0.1, 0.15) is 12.1 Å². The van der Waals surface area contributed by atoms with E-state index in [2.05, 4.69) is 20.6 Å². The molecule has 7 nitrogen and oxygen atoms in total. The summed E-state index contributed by atoms with van der Waals surface area (Å²) in [5, 5.41) is 12.8. The van der Waals surface area contributed by atoms with Crippen LogP contribution < -0.4 is 5.32 Å². The molecule has 3 heterocycles. The molecule has 0 fully saturated rings. The third kappa shape index (κ3) is 2.69. The molecule has 0 saturated carbocycles. The summed E-state index contributed by atoms with van der Waals surface area (Å²) in [4.78, 5) is 16.7. The van der Waals surface area contributed by atoms with Gasteiger partial charge in [0, 0.05) is 24.4 Å². The molecule has 8 heteroatoms. The van der Waals surface area contributed by atoms with Crippen LogP contribution in [-0.2, 0) is 17.6 Å². The number of aryl methyl sites for hydroxylation is 1.